The molecule has 1 aromatic carbocycles. The number of hydrogen-bond acceptors (Lipinski definition) is 2. The molecule has 0 atom stereocenters. The third-order valence-corrected chi connectivity index (χ3v) is 6.76. The SMILES string of the molecule is CCCCSc1c(C)c(C)c(SCCCC)c(C)c1C. The molecule has 0 bridgehead atoms. The molecule has 0 unspecified atom stereocenters. The lowest BCUT2D eigenvalue weighted by Crippen LogP contribution is -1.99. The van der Waals surface area contributed by atoms with Gasteiger partial charge in [-0.2, -0.15) is 0 Å². The van der Waals surface area contributed by atoms with Gasteiger partial charge in [0.05, 0.1) is 0 Å². The molecule has 0 saturated heterocycles. The van der Waals surface area contributed by atoms with Crippen molar-refractivity contribution in [3.63, 3.8) is 0 Å². The van der Waals surface area contributed by atoms with Gasteiger partial charge >= 0.3 is 0 Å². The second kappa shape index (κ2) is 9.04. The third-order valence-electron chi connectivity index (χ3n) is 3.98. The predicted octanol–water partition coefficient (Wildman–Crippen LogP) is 6.70. The van der Waals surface area contributed by atoms with Crippen LogP contribution in [0.1, 0.15) is 61.8 Å². The number of hydrogen-bond donors (Lipinski definition) is 0. The molecule has 0 aliphatic carbocycles. The number of thioether (sulfide) groups is 2. The maximum absolute atomic E-state index is 2.31. The van der Waals surface area contributed by atoms with Gasteiger partial charge in [-0.3, -0.25) is 0 Å². The molecule has 2 heteroatoms. The first kappa shape index (κ1) is 18.0. The standard InChI is InChI=1S/C18H30S2/c1-7-9-11-19-17-13(3)15(5)18(16(6)14(17)4)20-12-10-8-2/h7-12H2,1-6H3. The molecule has 0 aliphatic heterocycles. The molecule has 0 spiro atoms. The van der Waals surface area contributed by atoms with Gasteiger partial charge in [0.15, 0.2) is 0 Å². The van der Waals surface area contributed by atoms with Crippen molar-refractivity contribution in [1.82, 2.24) is 0 Å². The molecule has 1 rings (SSSR count). The van der Waals surface area contributed by atoms with Gasteiger partial charge in [0, 0.05) is 9.79 Å². The van der Waals surface area contributed by atoms with E-state index in [1.807, 2.05) is 0 Å². The van der Waals surface area contributed by atoms with Gasteiger partial charge in [-0.05, 0) is 74.3 Å². The van der Waals surface area contributed by atoms with Crippen LogP contribution in [0.5, 0.6) is 0 Å². The summed E-state index contributed by atoms with van der Waals surface area (Å²) in [5, 5.41) is 0. The first-order valence-corrected chi connectivity index (χ1v) is 9.87. The van der Waals surface area contributed by atoms with E-state index in [4.69, 9.17) is 0 Å². The summed E-state index contributed by atoms with van der Waals surface area (Å²) in [6, 6.07) is 0. The number of rotatable bonds is 8. The van der Waals surface area contributed by atoms with E-state index in [1.165, 1.54) is 69.2 Å². The van der Waals surface area contributed by atoms with E-state index < -0.39 is 0 Å². The normalized spacial score (nSPS) is 11.1. The van der Waals surface area contributed by atoms with Crippen LogP contribution in [0.25, 0.3) is 0 Å². The van der Waals surface area contributed by atoms with Crippen molar-refractivity contribution in [2.45, 2.75) is 77.0 Å². The van der Waals surface area contributed by atoms with E-state index >= 15 is 0 Å². The molecular formula is C18H30S2. The van der Waals surface area contributed by atoms with Gasteiger partial charge in [-0.1, -0.05) is 26.7 Å². The largest absolute Gasteiger partial charge is 0.126 e. The van der Waals surface area contributed by atoms with Gasteiger partial charge in [0.1, 0.15) is 0 Å². The zero-order chi connectivity index (χ0) is 15.1. The van der Waals surface area contributed by atoms with Crippen molar-refractivity contribution in [2.75, 3.05) is 11.5 Å². The van der Waals surface area contributed by atoms with E-state index in [0.717, 1.165) is 0 Å². The lowest BCUT2D eigenvalue weighted by Gasteiger charge is -2.20. The van der Waals surface area contributed by atoms with E-state index in [2.05, 4.69) is 65.1 Å². The van der Waals surface area contributed by atoms with Crippen molar-refractivity contribution in [3.05, 3.63) is 22.3 Å². The van der Waals surface area contributed by atoms with Crippen LogP contribution in [0.15, 0.2) is 9.79 Å². The highest BCUT2D eigenvalue weighted by Crippen LogP contribution is 2.38. The molecule has 0 N–H and O–H groups in total. The summed E-state index contributed by atoms with van der Waals surface area (Å²) >= 11 is 4.11. The highest BCUT2D eigenvalue weighted by molar-refractivity contribution is 7.99. The molecule has 0 aromatic heterocycles. The molecular weight excluding hydrogens is 280 g/mol. The Labute approximate surface area is 134 Å². The smallest absolute Gasteiger partial charge is 0.0136 e. The van der Waals surface area contributed by atoms with E-state index in [0.29, 0.717) is 0 Å². The van der Waals surface area contributed by atoms with E-state index in [1.54, 1.807) is 0 Å². The van der Waals surface area contributed by atoms with Crippen molar-refractivity contribution in [3.8, 4) is 0 Å². The predicted molar refractivity (Wildman–Crippen MR) is 96.7 cm³/mol. The van der Waals surface area contributed by atoms with Crippen LogP contribution in [0.4, 0.5) is 0 Å². The average Bonchev–Trinajstić information content (AvgIpc) is 2.44. The lowest BCUT2D eigenvalue weighted by atomic mass is 10.0. The highest BCUT2D eigenvalue weighted by atomic mass is 32.2. The van der Waals surface area contributed by atoms with E-state index in [9.17, 15) is 0 Å². The molecule has 0 heterocycles. The third kappa shape index (κ3) is 4.46. The van der Waals surface area contributed by atoms with Crippen LogP contribution in [-0.4, -0.2) is 11.5 Å². The Morgan fingerprint density at radius 2 is 0.900 bits per heavy atom. The first-order valence-electron chi connectivity index (χ1n) is 7.90. The highest BCUT2D eigenvalue weighted by Gasteiger charge is 2.15. The summed E-state index contributed by atoms with van der Waals surface area (Å²) < 4.78 is 0. The molecule has 114 valence electrons. The van der Waals surface area contributed by atoms with Gasteiger partial charge in [0.2, 0.25) is 0 Å². The van der Waals surface area contributed by atoms with Gasteiger partial charge in [0.25, 0.3) is 0 Å². The molecule has 0 radical (unpaired) electrons. The minimum atomic E-state index is 1.25. The maximum Gasteiger partial charge on any atom is 0.0136 e. The van der Waals surface area contributed by atoms with Crippen molar-refractivity contribution in [2.24, 2.45) is 0 Å². The number of unbranched alkanes of at least 4 members (excludes halogenated alkanes) is 2. The first-order chi connectivity index (χ1) is 9.54. The summed E-state index contributed by atoms with van der Waals surface area (Å²) in [6.07, 6.45) is 5.20. The summed E-state index contributed by atoms with van der Waals surface area (Å²) in [5.41, 5.74) is 6.03. The fraction of sp³-hybridized carbons (Fsp3) is 0.667. The maximum atomic E-state index is 2.31. The lowest BCUT2D eigenvalue weighted by molar-refractivity contribution is 0.893. The van der Waals surface area contributed by atoms with E-state index in [-0.39, 0.29) is 0 Å². The molecule has 0 amide bonds. The van der Waals surface area contributed by atoms with Crippen molar-refractivity contribution < 1.29 is 0 Å². The quantitative estimate of drug-likeness (QED) is 0.387. The Morgan fingerprint density at radius 1 is 0.600 bits per heavy atom. The Bertz CT molecular complexity index is 366. The van der Waals surface area contributed by atoms with Crippen molar-refractivity contribution >= 4 is 23.5 Å². The Morgan fingerprint density at radius 3 is 1.15 bits per heavy atom. The minimum Gasteiger partial charge on any atom is -0.126 e. The van der Waals surface area contributed by atoms with Gasteiger partial charge in [-0.15, -0.1) is 23.5 Å². The van der Waals surface area contributed by atoms with Gasteiger partial charge in [-0.25, -0.2) is 0 Å². The zero-order valence-electron chi connectivity index (χ0n) is 14.1. The molecule has 1 aromatic rings. The summed E-state index contributed by atoms with van der Waals surface area (Å²) in [5.74, 6) is 2.50. The summed E-state index contributed by atoms with van der Waals surface area (Å²) in [6.45, 7) is 13.8. The topological polar surface area (TPSA) is 0 Å². The fourth-order valence-electron chi connectivity index (χ4n) is 2.31. The zero-order valence-corrected chi connectivity index (χ0v) is 15.7. The van der Waals surface area contributed by atoms with Crippen LogP contribution in [0.2, 0.25) is 0 Å². The minimum absolute atomic E-state index is 1.25. The molecule has 20 heavy (non-hydrogen) atoms. The second-order valence-electron chi connectivity index (χ2n) is 5.56. The summed E-state index contributed by atoms with van der Waals surface area (Å²) in [4.78, 5) is 3.07. The van der Waals surface area contributed by atoms with Crippen LogP contribution in [0.3, 0.4) is 0 Å². The second-order valence-corrected chi connectivity index (χ2v) is 7.77. The average molecular weight is 311 g/mol. The fourth-order valence-corrected chi connectivity index (χ4v) is 5.07. The molecule has 0 nitrogen and oxygen atoms in total. The molecule has 0 saturated carbocycles. The number of benzene rings is 1. The van der Waals surface area contributed by atoms with Crippen LogP contribution < -0.4 is 0 Å². The van der Waals surface area contributed by atoms with Crippen LogP contribution in [0, 0.1) is 27.7 Å². The van der Waals surface area contributed by atoms with Crippen LogP contribution >= 0.6 is 23.5 Å². The molecule has 0 fully saturated rings. The Kier molecular flexibility index (Phi) is 8.13. The monoisotopic (exact) mass is 310 g/mol. The Hall–Kier alpha value is -0.0800. The summed E-state index contributed by atoms with van der Waals surface area (Å²) in [7, 11) is 0. The van der Waals surface area contributed by atoms with Gasteiger partial charge < -0.3 is 0 Å². The Balaban J connectivity index is 3.00. The van der Waals surface area contributed by atoms with Crippen molar-refractivity contribution in [1.29, 1.82) is 0 Å². The molecule has 0 aliphatic rings. The van der Waals surface area contributed by atoms with Crippen LogP contribution in [-0.2, 0) is 0 Å².